The maximum Gasteiger partial charge on any atom is 0.422 e. The van der Waals surface area contributed by atoms with E-state index >= 15 is 0 Å². The van der Waals surface area contributed by atoms with E-state index in [9.17, 15) is 27.6 Å². The number of benzene rings is 2. The van der Waals surface area contributed by atoms with Gasteiger partial charge in [0.1, 0.15) is 11.5 Å². The van der Waals surface area contributed by atoms with Gasteiger partial charge >= 0.3 is 12.1 Å². The highest BCUT2D eigenvalue weighted by Gasteiger charge is 2.31. The van der Waals surface area contributed by atoms with Crippen LogP contribution in [0.3, 0.4) is 0 Å². The molecule has 3 aromatic rings. The van der Waals surface area contributed by atoms with E-state index in [1.165, 1.54) is 49.2 Å². The van der Waals surface area contributed by atoms with Crippen LogP contribution in [0.5, 0.6) is 11.5 Å². The smallest absolute Gasteiger partial charge is 0.422 e. The molecule has 1 unspecified atom stereocenters. The molecule has 1 saturated heterocycles. The van der Waals surface area contributed by atoms with Crippen molar-refractivity contribution in [1.82, 2.24) is 4.57 Å². The fourth-order valence-corrected chi connectivity index (χ4v) is 5.15. The molecule has 43 heavy (non-hydrogen) atoms. The van der Waals surface area contributed by atoms with Crippen molar-refractivity contribution in [3.63, 3.8) is 0 Å². The quantitative estimate of drug-likeness (QED) is 0.235. The van der Waals surface area contributed by atoms with Crippen molar-refractivity contribution in [3.8, 4) is 22.6 Å². The minimum atomic E-state index is -4.58. The Hall–Kier alpha value is -3.83. The largest absolute Gasteiger partial charge is 0.495 e. The molecular weight excluding hydrogens is 591 g/mol. The Bertz CT molecular complexity index is 1500. The second kappa shape index (κ2) is 14.1. The SMILES string of the molecule is COC(=O)c1ccc(CC(=O)C(C[C@@H]2CCCCO2)n2cc(OC)c(-c3cc(Cl)ccc3OCC(F)(F)F)cc2=O)cc1. The van der Waals surface area contributed by atoms with Crippen molar-refractivity contribution in [1.29, 1.82) is 0 Å². The third-order valence-corrected chi connectivity index (χ3v) is 7.34. The first-order valence-corrected chi connectivity index (χ1v) is 14.0. The van der Waals surface area contributed by atoms with Crippen LogP contribution >= 0.6 is 11.6 Å². The van der Waals surface area contributed by atoms with Crippen molar-refractivity contribution in [2.24, 2.45) is 0 Å². The molecule has 8 nitrogen and oxygen atoms in total. The monoisotopic (exact) mass is 621 g/mol. The van der Waals surface area contributed by atoms with Crippen LogP contribution in [0.1, 0.15) is 47.6 Å². The van der Waals surface area contributed by atoms with Gasteiger partial charge in [0.05, 0.1) is 38.1 Å². The molecule has 2 aromatic carbocycles. The van der Waals surface area contributed by atoms with Crippen molar-refractivity contribution in [2.75, 3.05) is 27.4 Å². The molecule has 0 N–H and O–H groups in total. The number of hydrogen-bond acceptors (Lipinski definition) is 7. The predicted molar refractivity (Wildman–Crippen MR) is 153 cm³/mol. The summed E-state index contributed by atoms with van der Waals surface area (Å²) in [7, 11) is 2.62. The van der Waals surface area contributed by atoms with Crippen LogP contribution in [0, 0.1) is 0 Å². The standard InChI is InChI=1S/C31H31ClF3NO7/c1-40-28-17-36(29(38)16-24(28)23-14-21(32)10-11-27(23)43-18-31(33,34)35)25(15-22-5-3-4-12-42-22)26(37)13-19-6-8-20(9-7-19)30(39)41-2/h6-11,14,16-17,22,25H,3-5,12-13,15,18H2,1-2H3/t22-,25?/m0/s1. The van der Waals surface area contributed by atoms with E-state index in [2.05, 4.69) is 0 Å². The number of alkyl halides is 3. The average molecular weight is 622 g/mol. The van der Waals surface area contributed by atoms with Crippen molar-refractivity contribution in [3.05, 3.63) is 81.2 Å². The predicted octanol–water partition coefficient (Wildman–Crippen LogP) is 6.22. The summed E-state index contributed by atoms with van der Waals surface area (Å²) in [5.74, 6) is -0.788. The Morgan fingerprint density at radius 2 is 1.77 bits per heavy atom. The zero-order valence-corrected chi connectivity index (χ0v) is 24.4. The van der Waals surface area contributed by atoms with E-state index in [0.29, 0.717) is 17.7 Å². The first-order chi connectivity index (χ1) is 20.5. The van der Waals surface area contributed by atoms with E-state index in [0.717, 1.165) is 19.3 Å². The first-order valence-electron chi connectivity index (χ1n) is 13.6. The molecule has 0 radical (unpaired) electrons. The topological polar surface area (TPSA) is 93.1 Å². The lowest BCUT2D eigenvalue weighted by molar-refractivity contribution is -0.153. The second-order valence-electron chi connectivity index (χ2n) is 10.1. The van der Waals surface area contributed by atoms with Gasteiger partial charge in [-0.05, 0) is 55.2 Å². The lowest BCUT2D eigenvalue weighted by Crippen LogP contribution is -2.34. The molecule has 1 fully saturated rings. The highest BCUT2D eigenvalue weighted by atomic mass is 35.5. The number of carbonyl (C=O) groups is 2. The van der Waals surface area contributed by atoms with Gasteiger partial charge < -0.3 is 23.5 Å². The van der Waals surface area contributed by atoms with Gasteiger partial charge in [0.2, 0.25) is 0 Å². The highest BCUT2D eigenvalue weighted by molar-refractivity contribution is 6.31. The summed E-state index contributed by atoms with van der Waals surface area (Å²) in [6.45, 7) is -0.993. The van der Waals surface area contributed by atoms with E-state index in [-0.39, 0.29) is 52.4 Å². The number of carbonyl (C=O) groups excluding carboxylic acids is 2. The van der Waals surface area contributed by atoms with Crippen LogP contribution in [0.2, 0.25) is 5.02 Å². The number of ether oxygens (including phenoxy) is 4. The number of nitrogens with zero attached hydrogens (tertiary/aromatic N) is 1. The number of methoxy groups -OCH3 is 2. The number of rotatable bonds is 11. The number of halogens is 4. The fraction of sp³-hybridized carbons (Fsp3) is 0.387. The Balaban J connectivity index is 1.71. The fourth-order valence-electron chi connectivity index (χ4n) is 4.98. The Kier molecular flexibility index (Phi) is 10.5. The van der Waals surface area contributed by atoms with Gasteiger partial charge in [0.25, 0.3) is 5.56 Å². The molecule has 1 aliphatic rings. The third kappa shape index (κ3) is 8.39. The zero-order valence-electron chi connectivity index (χ0n) is 23.6. The summed E-state index contributed by atoms with van der Waals surface area (Å²) in [5, 5.41) is 0.210. The van der Waals surface area contributed by atoms with E-state index in [1.807, 2.05) is 0 Å². The summed E-state index contributed by atoms with van der Waals surface area (Å²) in [4.78, 5) is 39.1. The second-order valence-corrected chi connectivity index (χ2v) is 10.6. The molecule has 0 bridgehead atoms. The van der Waals surface area contributed by atoms with Crippen molar-refractivity contribution in [2.45, 2.75) is 50.4 Å². The number of Topliss-reactive ketones (excluding diaryl/α,β-unsaturated/α-hetero) is 1. The molecule has 2 heterocycles. The summed E-state index contributed by atoms with van der Waals surface area (Å²) < 4.78 is 61.2. The molecule has 12 heteroatoms. The number of esters is 1. The van der Waals surface area contributed by atoms with Gasteiger partial charge in [-0.2, -0.15) is 13.2 Å². The molecule has 0 spiro atoms. The number of pyridine rings is 1. The van der Waals surface area contributed by atoms with Gasteiger partial charge in [0.15, 0.2) is 12.4 Å². The van der Waals surface area contributed by atoms with Gasteiger partial charge in [-0.3, -0.25) is 9.59 Å². The molecule has 1 aliphatic heterocycles. The molecule has 1 aromatic heterocycles. The van der Waals surface area contributed by atoms with Gasteiger partial charge in [-0.1, -0.05) is 23.7 Å². The van der Waals surface area contributed by atoms with Crippen LogP contribution in [0.25, 0.3) is 11.1 Å². The molecule has 0 amide bonds. The molecular formula is C31H31ClF3NO7. The zero-order chi connectivity index (χ0) is 31.1. The van der Waals surface area contributed by atoms with Gasteiger partial charge in [0, 0.05) is 41.7 Å². The summed E-state index contributed by atoms with van der Waals surface area (Å²) >= 11 is 6.15. The minimum Gasteiger partial charge on any atom is -0.495 e. The highest BCUT2D eigenvalue weighted by Crippen LogP contribution is 2.38. The molecule has 4 rings (SSSR count). The summed E-state index contributed by atoms with van der Waals surface area (Å²) in [5.41, 5.74) is 0.674. The van der Waals surface area contributed by atoms with Crippen molar-refractivity contribution < 1.29 is 41.7 Å². The Morgan fingerprint density at radius 1 is 1.05 bits per heavy atom. The van der Waals surface area contributed by atoms with E-state index in [4.69, 9.17) is 30.5 Å². The summed E-state index contributed by atoms with van der Waals surface area (Å²) in [6, 6.07) is 10.7. The molecule has 0 aliphatic carbocycles. The van der Waals surface area contributed by atoms with Gasteiger partial charge in [-0.15, -0.1) is 0 Å². The van der Waals surface area contributed by atoms with Crippen LogP contribution < -0.4 is 15.0 Å². The maximum atomic E-state index is 13.8. The van der Waals surface area contributed by atoms with Crippen LogP contribution in [0.15, 0.2) is 59.5 Å². The minimum absolute atomic E-state index is 0.0287. The van der Waals surface area contributed by atoms with Crippen LogP contribution in [-0.2, 0) is 20.7 Å². The average Bonchev–Trinajstić information content (AvgIpc) is 2.99. The van der Waals surface area contributed by atoms with Crippen LogP contribution in [0.4, 0.5) is 13.2 Å². The normalized spacial score (nSPS) is 15.9. The molecule has 2 atom stereocenters. The third-order valence-electron chi connectivity index (χ3n) is 7.11. The lowest BCUT2D eigenvalue weighted by atomic mass is 9.95. The Labute approximate surface area is 251 Å². The number of hydrogen-bond donors (Lipinski definition) is 0. The maximum absolute atomic E-state index is 13.8. The first kappa shape index (κ1) is 32.1. The number of aromatic nitrogens is 1. The number of ketones is 1. The lowest BCUT2D eigenvalue weighted by Gasteiger charge is -2.28. The van der Waals surface area contributed by atoms with Gasteiger partial charge in [-0.25, -0.2) is 4.79 Å². The van der Waals surface area contributed by atoms with Crippen LogP contribution in [-0.4, -0.2) is 56.0 Å². The van der Waals surface area contributed by atoms with E-state index < -0.39 is 30.4 Å². The molecule has 0 saturated carbocycles. The summed E-state index contributed by atoms with van der Waals surface area (Å²) in [6.07, 6.45) is -0.703. The Morgan fingerprint density at radius 3 is 2.40 bits per heavy atom. The van der Waals surface area contributed by atoms with E-state index in [1.54, 1.807) is 24.3 Å². The molecule has 230 valence electrons. The van der Waals surface area contributed by atoms with Crippen molar-refractivity contribution >= 4 is 23.4 Å².